The van der Waals surface area contributed by atoms with Crippen LogP contribution >= 0.6 is 0 Å². The van der Waals surface area contributed by atoms with Crippen molar-refractivity contribution in [3.8, 4) is 0 Å². The maximum atomic E-state index is 13.0. The Labute approximate surface area is 159 Å². The first-order chi connectivity index (χ1) is 12.5. The quantitative estimate of drug-likeness (QED) is 0.685. The van der Waals surface area contributed by atoms with Gasteiger partial charge in [-0.2, -0.15) is 4.31 Å². The molecule has 11 heteroatoms. The van der Waals surface area contributed by atoms with Crippen molar-refractivity contribution in [2.24, 2.45) is 0 Å². The number of likely N-dealkylation sites (tertiary alicyclic amines) is 1. The van der Waals surface area contributed by atoms with Gasteiger partial charge < -0.3 is 4.90 Å². The Bertz CT molecular complexity index is 864. The monoisotopic (exact) mass is 421 g/mol. The van der Waals surface area contributed by atoms with E-state index in [1.807, 2.05) is 0 Å². The highest BCUT2D eigenvalue weighted by Crippen LogP contribution is 2.15. The Morgan fingerprint density at radius 1 is 1.19 bits per heavy atom. The van der Waals surface area contributed by atoms with Gasteiger partial charge in [-0.15, -0.1) is 0 Å². The van der Waals surface area contributed by atoms with Crippen molar-refractivity contribution in [2.45, 2.75) is 30.7 Å². The van der Waals surface area contributed by atoms with Crippen LogP contribution in [0.2, 0.25) is 0 Å². The summed E-state index contributed by atoms with van der Waals surface area (Å²) in [5, 5.41) is 0. The summed E-state index contributed by atoms with van der Waals surface area (Å²) >= 11 is 0. The average Bonchev–Trinajstić information content (AvgIpc) is 2.60. The Hall–Kier alpha value is -1.56. The molecule has 0 bridgehead atoms. The molecule has 1 aliphatic rings. The van der Waals surface area contributed by atoms with Crippen molar-refractivity contribution >= 4 is 26.0 Å². The van der Waals surface area contributed by atoms with Crippen molar-refractivity contribution < 1.29 is 26.0 Å². The predicted molar refractivity (Wildman–Crippen MR) is 98.4 cm³/mol. The molecule has 0 aromatic heterocycles. The smallest absolute Gasteiger partial charge is 0.242 e. The minimum Gasteiger partial charge on any atom is -0.343 e. The molecule has 27 heavy (non-hydrogen) atoms. The van der Waals surface area contributed by atoms with Gasteiger partial charge in [0.05, 0.1) is 10.6 Å². The first kappa shape index (κ1) is 21.7. The summed E-state index contributed by atoms with van der Waals surface area (Å²) < 4.78 is 65.8. The van der Waals surface area contributed by atoms with Gasteiger partial charge in [-0.25, -0.2) is 25.9 Å². The lowest BCUT2D eigenvalue weighted by atomic mass is 10.1. The summed E-state index contributed by atoms with van der Waals surface area (Å²) in [6.07, 6.45) is 1.03. The average molecular weight is 422 g/mol. The van der Waals surface area contributed by atoms with Gasteiger partial charge in [0.1, 0.15) is 5.82 Å². The van der Waals surface area contributed by atoms with Crippen LogP contribution in [0.5, 0.6) is 0 Å². The zero-order valence-electron chi connectivity index (χ0n) is 15.3. The van der Waals surface area contributed by atoms with E-state index in [-0.39, 0.29) is 23.4 Å². The number of nitrogens with zero attached hydrogens (tertiary/aromatic N) is 2. The lowest BCUT2D eigenvalue weighted by molar-refractivity contribution is -0.129. The van der Waals surface area contributed by atoms with E-state index in [1.54, 1.807) is 4.90 Å². The van der Waals surface area contributed by atoms with Crippen molar-refractivity contribution in [1.29, 1.82) is 0 Å². The van der Waals surface area contributed by atoms with Gasteiger partial charge in [0.2, 0.25) is 26.0 Å². The standard InChI is InChI=1S/C16H24FN3O5S2/c1-13(21)20-9-7-15(8-10-20)18-26(22,23)12-11-19(2)27(24,25)16-5-3-14(17)4-6-16/h3-6,15,18H,7-12H2,1-2H3. The molecule has 1 aliphatic heterocycles. The van der Waals surface area contributed by atoms with Gasteiger partial charge in [-0.1, -0.05) is 0 Å². The van der Waals surface area contributed by atoms with Crippen molar-refractivity contribution in [3.05, 3.63) is 30.1 Å². The molecule has 1 aromatic carbocycles. The van der Waals surface area contributed by atoms with Crippen LogP contribution in [0.3, 0.4) is 0 Å². The third-order valence-corrected chi connectivity index (χ3v) is 7.77. The zero-order valence-corrected chi connectivity index (χ0v) is 16.9. The lowest BCUT2D eigenvalue weighted by Crippen LogP contribution is -2.47. The van der Waals surface area contributed by atoms with Crippen LogP contribution in [0.25, 0.3) is 0 Å². The number of benzene rings is 1. The maximum absolute atomic E-state index is 13.0. The number of rotatable bonds is 7. The van der Waals surface area contributed by atoms with E-state index in [4.69, 9.17) is 0 Å². The minimum atomic E-state index is -3.90. The van der Waals surface area contributed by atoms with Crippen molar-refractivity contribution in [1.82, 2.24) is 13.9 Å². The molecule has 0 unspecified atom stereocenters. The summed E-state index contributed by atoms with van der Waals surface area (Å²) in [7, 11) is -6.30. The minimum absolute atomic E-state index is 0.0380. The van der Waals surface area contributed by atoms with E-state index in [1.165, 1.54) is 14.0 Å². The number of nitrogens with one attached hydrogen (secondary N) is 1. The molecule has 152 valence electrons. The molecule has 0 aliphatic carbocycles. The summed E-state index contributed by atoms with van der Waals surface area (Å²) in [6.45, 7) is 2.21. The molecule has 1 aromatic rings. The Morgan fingerprint density at radius 3 is 2.26 bits per heavy atom. The Morgan fingerprint density at radius 2 is 1.74 bits per heavy atom. The second-order valence-corrected chi connectivity index (χ2v) is 10.4. The third-order valence-electron chi connectivity index (χ3n) is 4.48. The Balaban J connectivity index is 1.90. The molecule has 1 heterocycles. The molecule has 1 amide bonds. The molecular formula is C16H24FN3O5S2. The molecule has 1 fully saturated rings. The molecule has 0 atom stereocenters. The molecule has 2 rings (SSSR count). The van der Waals surface area contributed by atoms with Gasteiger partial charge in [0, 0.05) is 39.6 Å². The molecule has 1 saturated heterocycles. The lowest BCUT2D eigenvalue weighted by Gasteiger charge is -2.31. The predicted octanol–water partition coefficient (Wildman–Crippen LogP) is 0.377. The van der Waals surface area contributed by atoms with Crippen LogP contribution in [0.1, 0.15) is 19.8 Å². The number of hydrogen-bond acceptors (Lipinski definition) is 5. The van der Waals surface area contributed by atoms with Crippen LogP contribution in [0, 0.1) is 5.82 Å². The van der Waals surface area contributed by atoms with Gasteiger partial charge in [0.25, 0.3) is 0 Å². The maximum Gasteiger partial charge on any atom is 0.242 e. The number of carbonyl (C=O) groups is 1. The van der Waals surface area contributed by atoms with E-state index in [2.05, 4.69) is 4.72 Å². The molecule has 8 nitrogen and oxygen atoms in total. The van der Waals surface area contributed by atoms with Gasteiger partial charge in [0.15, 0.2) is 0 Å². The highest BCUT2D eigenvalue weighted by Gasteiger charge is 2.26. The van der Waals surface area contributed by atoms with Gasteiger partial charge >= 0.3 is 0 Å². The normalized spacial score (nSPS) is 16.7. The van der Waals surface area contributed by atoms with Crippen LogP contribution in [0.4, 0.5) is 4.39 Å². The largest absolute Gasteiger partial charge is 0.343 e. The van der Waals surface area contributed by atoms with Crippen molar-refractivity contribution in [3.63, 3.8) is 0 Å². The van der Waals surface area contributed by atoms with Gasteiger partial charge in [-0.05, 0) is 37.1 Å². The number of sulfonamides is 2. The second kappa shape index (κ2) is 8.63. The van der Waals surface area contributed by atoms with Crippen molar-refractivity contribution in [2.75, 3.05) is 32.4 Å². The number of amides is 1. The van der Waals surface area contributed by atoms with E-state index in [0.29, 0.717) is 25.9 Å². The number of carbonyl (C=O) groups excluding carboxylic acids is 1. The zero-order chi connectivity index (χ0) is 20.2. The molecule has 0 spiro atoms. The first-order valence-electron chi connectivity index (χ1n) is 8.49. The second-order valence-electron chi connectivity index (χ2n) is 6.50. The van der Waals surface area contributed by atoms with Crippen LogP contribution in [-0.4, -0.2) is 70.4 Å². The fourth-order valence-corrected chi connectivity index (χ4v) is 5.44. The molecule has 1 N–H and O–H groups in total. The summed E-state index contributed by atoms with van der Waals surface area (Å²) in [6, 6.07) is 4.07. The number of piperidine rings is 1. The third kappa shape index (κ3) is 5.96. The highest BCUT2D eigenvalue weighted by atomic mass is 32.2. The van der Waals surface area contributed by atoms with Gasteiger partial charge in [-0.3, -0.25) is 4.79 Å². The van der Waals surface area contributed by atoms with E-state index < -0.39 is 31.6 Å². The highest BCUT2D eigenvalue weighted by molar-refractivity contribution is 7.90. The van der Waals surface area contributed by atoms with Crippen LogP contribution in [0.15, 0.2) is 29.2 Å². The van der Waals surface area contributed by atoms with E-state index >= 15 is 0 Å². The number of hydrogen-bond donors (Lipinski definition) is 1. The molecular weight excluding hydrogens is 397 g/mol. The Kier molecular flexibility index (Phi) is 6.95. The first-order valence-corrected chi connectivity index (χ1v) is 11.6. The molecule has 0 radical (unpaired) electrons. The molecule has 0 saturated carbocycles. The van der Waals surface area contributed by atoms with Crippen LogP contribution < -0.4 is 4.72 Å². The SMILES string of the molecule is CC(=O)N1CCC(NS(=O)(=O)CCN(C)S(=O)(=O)c2ccc(F)cc2)CC1. The summed E-state index contributed by atoms with van der Waals surface area (Å²) in [5.74, 6) is -0.986. The fourth-order valence-electron chi connectivity index (χ4n) is 2.78. The van der Waals surface area contributed by atoms with E-state index in [0.717, 1.165) is 28.6 Å². The number of halogens is 1. The topological polar surface area (TPSA) is 104 Å². The van der Waals surface area contributed by atoms with E-state index in [9.17, 15) is 26.0 Å². The fraction of sp³-hybridized carbons (Fsp3) is 0.562. The summed E-state index contributed by atoms with van der Waals surface area (Å²) in [4.78, 5) is 12.9. The van der Waals surface area contributed by atoms with Crippen LogP contribution in [-0.2, 0) is 24.8 Å². The summed E-state index contributed by atoms with van der Waals surface area (Å²) in [5.41, 5.74) is 0.